The van der Waals surface area contributed by atoms with Gasteiger partial charge in [-0.2, -0.15) is 0 Å². The van der Waals surface area contributed by atoms with Crippen molar-refractivity contribution in [2.24, 2.45) is 0 Å². The average molecular weight is 259 g/mol. The Morgan fingerprint density at radius 2 is 2.06 bits per heavy atom. The van der Waals surface area contributed by atoms with Crippen molar-refractivity contribution in [2.75, 3.05) is 5.73 Å². The number of thiophene rings is 1. The van der Waals surface area contributed by atoms with Crippen molar-refractivity contribution < 1.29 is 4.39 Å². The van der Waals surface area contributed by atoms with Gasteiger partial charge in [0.15, 0.2) is 0 Å². The molecule has 0 amide bonds. The third-order valence-electron chi connectivity index (χ3n) is 2.77. The quantitative estimate of drug-likeness (QED) is 0.728. The van der Waals surface area contributed by atoms with Crippen LogP contribution in [0.4, 0.5) is 10.3 Å². The maximum absolute atomic E-state index is 13.6. The van der Waals surface area contributed by atoms with Gasteiger partial charge in [-0.15, -0.1) is 11.3 Å². The minimum Gasteiger partial charge on any atom is -0.368 e. The summed E-state index contributed by atoms with van der Waals surface area (Å²) < 4.78 is 14.5. The third-order valence-corrected chi connectivity index (χ3v) is 3.68. The van der Waals surface area contributed by atoms with E-state index in [0.717, 1.165) is 15.8 Å². The van der Waals surface area contributed by atoms with E-state index in [1.54, 1.807) is 13.0 Å². The Labute approximate surface area is 107 Å². The fourth-order valence-corrected chi connectivity index (χ4v) is 2.66. The highest BCUT2D eigenvalue weighted by molar-refractivity contribution is 7.17. The van der Waals surface area contributed by atoms with Gasteiger partial charge in [0, 0.05) is 5.56 Å². The lowest BCUT2D eigenvalue weighted by atomic mass is 10.1. The number of hydrogen-bond donors (Lipinski definition) is 1. The van der Waals surface area contributed by atoms with Gasteiger partial charge >= 0.3 is 0 Å². The molecule has 0 unspecified atom stereocenters. The summed E-state index contributed by atoms with van der Waals surface area (Å²) in [5, 5.41) is 1.92. The number of fused-ring (bicyclic) bond motifs is 1. The highest BCUT2D eigenvalue weighted by atomic mass is 32.1. The summed E-state index contributed by atoms with van der Waals surface area (Å²) in [6.45, 7) is 1.73. The van der Waals surface area contributed by atoms with E-state index in [-0.39, 0.29) is 11.8 Å². The highest BCUT2D eigenvalue weighted by Gasteiger charge is 2.11. The van der Waals surface area contributed by atoms with Crippen molar-refractivity contribution in [1.29, 1.82) is 0 Å². The number of nitrogen functional groups attached to an aromatic ring is 1. The predicted octanol–water partition coefficient (Wildman–Crippen LogP) is 3.39. The molecule has 3 nitrogen and oxygen atoms in total. The molecule has 0 bridgehead atoms. The second-order valence-electron chi connectivity index (χ2n) is 4.03. The van der Waals surface area contributed by atoms with Crippen molar-refractivity contribution in [3.05, 3.63) is 41.0 Å². The van der Waals surface area contributed by atoms with E-state index in [9.17, 15) is 4.39 Å². The van der Waals surface area contributed by atoms with E-state index < -0.39 is 0 Å². The molecule has 18 heavy (non-hydrogen) atoms. The van der Waals surface area contributed by atoms with E-state index in [4.69, 9.17) is 5.73 Å². The molecule has 0 atom stereocenters. The molecule has 0 radical (unpaired) electrons. The second-order valence-corrected chi connectivity index (χ2v) is 4.95. The number of nitrogens with two attached hydrogens (primary N) is 1. The molecular weight excluding hydrogens is 249 g/mol. The Bertz CT molecular complexity index is 736. The molecule has 0 aliphatic carbocycles. The van der Waals surface area contributed by atoms with Crippen molar-refractivity contribution in [3.63, 3.8) is 0 Å². The maximum Gasteiger partial charge on any atom is 0.221 e. The van der Waals surface area contributed by atoms with E-state index in [1.807, 2.05) is 17.5 Å². The monoisotopic (exact) mass is 259 g/mol. The summed E-state index contributed by atoms with van der Waals surface area (Å²) in [6.07, 6.45) is 0. The number of hydrogen-bond acceptors (Lipinski definition) is 4. The van der Waals surface area contributed by atoms with Gasteiger partial charge in [0.1, 0.15) is 5.82 Å². The fraction of sp³-hybridized carbons (Fsp3) is 0.0769. The van der Waals surface area contributed by atoms with Crippen LogP contribution in [-0.2, 0) is 0 Å². The largest absolute Gasteiger partial charge is 0.368 e. The van der Waals surface area contributed by atoms with Gasteiger partial charge in [-0.25, -0.2) is 14.4 Å². The molecule has 3 rings (SSSR count). The molecule has 0 saturated carbocycles. The van der Waals surface area contributed by atoms with Gasteiger partial charge in [-0.05, 0) is 30.0 Å². The number of aromatic nitrogens is 2. The van der Waals surface area contributed by atoms with Crippen LogP contribution in [0.2, 0.25) is 0 Å². The molecule has 0 aliphatic rings. The molecular formula is C13H10FN3S. The van der Waals surface area contributed by atoms with Gasteiger partial charge in [-0.1, -0.05) is 12.1 Å². The zero-order chi connectivity index (χ0) is 12.7. The number of halogens is 1. The number of aryl methyl sites for hydroxylation is 1. The molecule has 0 saturated heterocycles. The third kappa shape index (κ3) is 1.73. The highest BCUT2D eigenvalue weighted by Crippen LogP contribution is 2.31. The normalized spacial score (nSPS) is 11.0. The van der Waals surface area contributed by atoms with Crippen LogP contribution in [0.15, 0.2) is 29.6 Å². The summed E-state index contributed by atoms with van der Waals surface area (Å²) in [5.41, 5.74) is 8.50. The first-order chi connectivity index (χ1) is 8.65. The summed E-state index contributed by atoms with van der Waals surface area (Å²) in [7, 11) is 0. The van der Waals surface area contributed by atoms with Crippen LogP contribution in [0.1, 0.15) is 5.56 Å². The van der Waals surface area contributed by atoms with Gasteiger partial charge in [0.25, 0.3) is 0 Å². The number of nitrogens with zero attached hydrogens (tertiary/aromatic N) is 2. The second kappa shape index (κ2) is 4.03. The van der Waals surface area contributed by atoms with Crippen LogP contribution in [0.5, 0.6) is 0 Å². The van der Waals surface area contributed by atoms with Crippen molar-refractivity contribution in [3.8, 4) is 11.3 Å². The summed E-state index contributed by atoms with van der Waals surface area (Å²) in [6, 6.07) is 6.95. The standard InChI is InChI=1S/C13H10FN3S/c1-7-2-3-8(6-9(7)14)11-12-10(4-5-18-12)16-13(15)17-11/h2-6H,1H3,(H2,15,16,17). The van der Waals surface area contributed by atoms with E-state index in [2.05, 4.69) is 9.97 Å². The van der Waals surface area contributed by atoms with Crippen LogP contribution < -0.4 is 5.73 Å². The Kier molecular flexibility index (Phi) is 2.48. The first-order valence-corrected chi connectivity index (χ1v) is 6.30. The fourth-order valence-electron chi connectivity index (χ4n) is 1.82. The molecule has 5 heteroatoms. The Morgan fingerprint density at radius 1 is 1.22 bits per heavy atom. The SMILES string of the molecule is Cc1ccc(-c2nc(N)nc3ccsc23)cc1F. The van der Waals surface area contributed by atoms with E-state index in [0.29, 0.717) is 11.3 Å². The van der Waals surface area contributed by atoms with Crippen LogP contribution in [0, 0.1) is 12.7 Å². The van der Waals surface area contributed by atoms with Gasteiger partial charge in [-0.3, -0.25) is 0 Å². The minimum atomic E-state index is -0.241. The van der Waals surface area contributed by atoms with Crippen LogP contribution in [0.25, 0.3) is 21.5 Å². The van der Waals surface area contributed by atoms with Crippen LogP contribution >= 0.6 is 11.3 Å². The van der Waals surface area contributed by atoms with Gasteiger partial charge in [0.05, 0.1) is 15.9 Å². The summed E-state index contributed by atoms with van der Waals surface area (Å²) in [4.78, 5) is 8.37. The molecule has 3 aromatic rings. The molecule has 0 fully saturated rings. The average Bonchev–Trinajstić information content (AvgIpc) is 2.79. The Morgan fingerprint density at radius 3 is 2.83 bits per heavy atom. The molecule has 0 aliphatic heterocycles. The lowest BCUT2D eigenvalue weighted by molar-refractivity contribution is 0.619. The van der Waals surface area contributed by atoms with Gasteiger partial charge < -0.3 is 5.73 Å². The molecule has 90 valence electrons. The summed E-state index contributed by atoms with van der Waals surface area (Å²) in [5.74, 6) is -0.0359. The molecule has 2 N–H and O–H groups in total. The van der Waals surface area contributed by atoms with E-state index >= 15 is 0 Å². The molecule has 0 spiro atoms. The first-order valence-electron chi connectivity index (χ1n) is 5.42. The van der Waals surface area contributed by atoms with Gasteiger partial charge in [0.2, 0.25) is 5.95 Å². The summed E-state index contributed by atoms with van der Waals surface area (Å²) >= 11 is 1.52. The lowest BCUT2D eigenvalue weighted by Gasteiger charge is -2.05. The molecule has 2 heterocycles. The van der Waals surface area contributed by atoms with Crippen molar-refractivity contribution in [2.45, 2.75) is 6.92 Å². The van der Waals surface area contributed by atoms with E-state index in [1.165, 1.54) is 17.4 Å². The Hall–Kier alpha value is -2.01. The van der Waals surface area contributed by atoms with Crippen LogP contribution in [-0.4, -0.2) is 9.97 Å². The smallest absolute Gasteiger partial charge is 0.221 e. The van der Waals surface area contributed by atoms with Crippen molar-refractivity contribution >= 4 is 27.5 Å². The number of anilines is 1. The topological polar surface area (TPSA) is 51.8 Å². The van der Waals surface area contributed by atoms with Crippen LogP contribution in [0.3, 0.4) is 0 Å². The number of benzene rings is 1. The maximum atomic E-state index is 13.6. The molecule has 1 aromatic carbocycles. The number of rotatable bonds is 1. The van der Waals surface area contributed by atoms with Crippen molar-refractivity contribution in [1.82, 2.24) is 9.97 Å². The lowest BCUT2D eigenvalue weighted by Crippen LogP contribution is -1.97. The minimum absolute atomic E-state index is 0.205. The predicted molar refractivity (Wildman–Crippen MR) is 72.0 cm³/mol. The zero-order valence-corrected chi connectivity index (χ0v) is 10.5. The first kappa shape index (κ1) is 11.1. The molecule has 2 aromatic heterocycles. The zero-order valence-electron chi connectivity index (χ0n) is 9.64. The Balaban J connectivity index is 2.30.